The molecule has 0 aliphatic heterocycles. The lowest BCUT2D eigenvalue weighted by atomic mass is 9.82. The average Bonchev–Trinajstić information content (AvgIpc) is 2.53. The van der Waals surface area contributed by atoms with Crippen molar-refractivity contribution in [3.8, 4) is 0 Å². The number of hydrogen-bond donors (Lipinski definition) is 3. The highest BCUT2D eigenvalue weighted by molar-refractivity contribution is 5.48. The van der Waals surface area contributed by atoms with Crippen LogP contribution in [0.25, 0.3) is 0 Å². The molecule has 0 amide bonds. The van der Waals surface area contributed by atoms with Crippen LogP contribution in [0.15, 0.2) is 6.07 Å². The van der Waals surface area contributed by atoms with E-state index in [0.717, 1.165) is 37.3 Å². The Bertz CT molecular complexity index is 447. The highest BCUT2D eigenvalue weighted by Crippen LogP contribution is 2.31. The van der Waals surface area contributed by atoms with Gasteiger partial charge in [0.25, 0.3) is 0 Å². The fraction of sp³-hybridized carbons (Fsp3) is 0.733. The molecule has 0 unspecified atom stereocenters. The fourth-order valence-electron chi connectivity index (χ4n) is 2.77. The number of nitrogens with one attached hydrogen (secondary N) is 2. The van der Waals surface area contributed by atoms with Crippen LogP contribution in [0.2, 0.25) is 0 Å². The third kappa shape index (κ3) is 4.28. The molecule has 1 aromatic heterocycles. The third-order valence-corrected chi connectivity index (χ3v) is 3.97. The second kappa shape index (κ2) is 7.56. The summed E-state index contributed by atoms with van der Waals surface area (Å²) in [6, 6.07) is 1.88. The van der Waals surface area contributed by atoms with Gasteiger partial charge < -0.3 is 20.5 Å². The summed E-state index contributed by atoms with van der Waals surface area (Å²) in [7, 11) is 1.83. The minimum Gasteiger partial charge on any atom is -0.394 e. The number of aliphatic hydroxyl groups is 1. The first-order valence-electron chi connectivity index (χ1n) is 7.74. The molecule has 0 atom stereocenters. The molecule has 1 aliphatic carbocycles. The van der Waals surface area contributed by atoms with Crippen molar-refractivity contribution in [3.05, 3.63) is 11.9 Å². The smallest absolute Gasteiger partial charge is 0.158 e. The summed E-state index contributed by atoms with van der Waals surface area (Å²) in [5.74, 6) is 2.15. The summed E-state index contributed by atoms with van der Waals surface area (Å²) < 4.78 is 5.39. The van der Waals surface area contributed by atoms with Gasteiger partial charge in [0.15, 0.2) is 5.82 Å². The largest absolute Gasteiger partial charge is 0.394 e. The molecule has 0 radical (unpaired) electrons. The van der Waals surface area contributed by atoms with Crippen LogP contribution in [0, 0.1) is 0 Å². The zero-order chi connectivity index (χ0) is 15.1. The molecular weight excluding hydrogens is 268 g/mol. The van der Waals surface area contributed by atoms with E-state index < -0.39 is 0 Å². The zero-order valence-corrected chi connectivity index (χ0v) is 13.0. The van der Waals surface area contributed by atoms with Crippen molar-refractivity contribution >= 4 is 11.6 Å². The molecule has 0 aromatic carbocycles. The van der Waals surface area contributed by atoms with Crippen molar-refractivity contribution in [2.24, 2.45) is 0 Å². The van der Waals surface area contributed by atoms with Crippen LogP contribution in [0.1, 0.15) is 44.9 Å². The molecule has 1 aliphatic rings. The standard InChI is InChI=1S/C15H26N4O2/c1-3-21-10-14-17-12(16-2)9-13(18-14)19-15(11-20)7-5-4-6-8-15/h9,20H,3-8,10-11H2,1-2H3,(H2,16,17,18,19). The Morgan fingerprint density at radius 1 is 1.24 bits per heavy atom. The number of anilines is 2. The Morgan fingerprint density at radius 2 is 1.95 bits per heavy atom. The van der Waals surface area contributed by atoms with Gasteiger partial charge in [-0.25, -0.2) is 9.97 Å². The van der Waals surface area contributed by atoms with E-state index in [1.807, 2.05) is 20.0 Å². The lowest BCUT2D eigenvalue weighted by Gasteiger charge is -2.37. The Hall–Kier alpha value is -1.40. The van der Waals surface area contributed by atoms with Gasteiger partial charge >= 0.3 is 0 Å². The molecule has 1 saturated carbocycles. The molecule has 0 spiro atoms. The molecule has 1 aromatic rings. The van der Waals surface area contributed by atoms with Crippen molar-refractivity contribution in [2.45, 2.75) is 51.2 Å². The van der Waals surface area contributed by atoms with E-state index in [0.29, 0.717) is 19.0 Å². The number of ether oxygens (including phenoxy) is 1. The number of aromatic nitrogens is 2. The predicted molar refractivity (Wildman–Crippen MR) is 83.4 cm³/mol. The van der Waals surface area contributed by atoms with Crippen LogP contribution < -0.4 is 10.6 Å². The van der Waals surface area contributed by atoms with Gasteiger partial charge in [0, 0.05) is 19.7 Å². The normalized spacial score (nSPS) is 17.5. The Labute approximate surface area is 126 Å². The summed E-state index contributed by atoms with van der Waals surface area (Å²) in [4.78, 5) is 8.89. The van der Waals surface area contributed by atoms with E-state index in [4.69, 9.17) is 4.74 Å². The molecule has 2 rings (SSSR count). The summed E-state index contributed by atoms with van der Waals surface area (Å²) in [5, 5.41) is 16.3. The quantitative estimate of drug-likeness (QED) is 0.715. The molecular formula is C15H26N4O2. The van der Waals surface area contributed by atoms with Gasteiger partial charge in [-0.1, -0.05) is 19.3 Å². The first-order chi connectivity index (χ1) is 10.2. The van der Waals surface area contributed by atoms with Crippen LogP contribution in [0.4, 0.5) is 11.6 Å². The number of rotatable bonds is 7. The number of aliphatic hydroxyl groups excluding tert-OH is 1. The first kappa shape index (κ1) is 16.0. The maximum absolute atomic E-state index is 9.79. The molecule has 21 heavy (non-hydrogen) atoms. The van der Waals surface area contributed by atoms with Crippen LogP contribution in [0.5, 0.6) is 0 Å². The summed E-state index contributed by atoms with van der Waals surface area (Å²) >= 11 is 0. The zero-order valence-electron chi connectivity index (χ0n) is 13.0. The third-order valence-electron chi connectivity index (χ3n) is 3.97. The van der Waals surface area contributed by atoms with Crippen molar-refractivity contribution in [1.29, 1.82) is 0 Å². The molecule has 6 nitrogen and oxygen atoms in total. The van der Waals surface area contributed by atoms with E-state index >= 15 is 0 Å². The highest BCUT2D eigenvalue weighted by atomic mass is 16.5. The van der Waals surface area contributed by atoms with Crippen molar-refractivity contribution in [3.63, 3.8) is 0 Å². The molecule has 6 heteroatoms. The van der Waals surface area contributed by atoms with Gasteiger partial charge in [0.2, 0.25) is 0 Å². The lowest BCUT2D eigenvalue weighted by molar-refractivity contribution is 0.128. The number of hydrogen-bond acceptors (Lipinski definition) is 6. The SMILES string of the molecule is CCOCc1nc(NC)cc(NC2(CO)CCCCC2)n1. The molecule has 0 bridgehead atoms. The Morgan fingerprint density at radius 3 is 2.57 bits per heavy atom. The predicted octanol–water partition coefficient (Wildman–Crippen LogP) is 2.16. The molecule has 3 N–H and O–H groups in total. The van der Waals surface area contributed by atoms with Crippen LogP contribution in [-0.4, -0.2) is 40.9 Å². The maximum atomic E-state index is 9.79. The molecule has 0 saturated heterocycles. The number of nitrogens with zero attached hydrogens (tertiary/aromatic N) is 2. The maximum Gasteiger partial charge on any atom is 0.158 e. The van der Waals surface area contributed by atoms with E-state index in [1.165, 1.54) is 6.42 Å². The van der Waals surface area contributed by atoms with Crippen molar-refractivity contribution in [2.75, 3.05) is 30.9 Å². The van der Waals surface area contributed by atoms with E-state index in [-0.39, 0.29) is 12.1 Å². The van der Waals surface area contributed by atoms with Crippen LogP contribution >= 0.6 is 0 Å². The molecule has 1 fully saturated rings. The van der Waals surface area contributed by atoms with Gasteiger partial charge in [-0.3, -0.25) is 0 Å². The Kier molecular flexibility index (Phi) is 5.76. The van der Waals surface area contributed by atoms with Crippen LogP contribution in [0.3, 0.4) is 0 Å². The van der Waals surface area contributed by atoms with Gasteiger partial charge in [0.1, 0.15) is 18.2 Å². The highest BCUT2D eigenvalue weighted by Gasteiger charge is 2.31. The van der Waals surface area contributed by atoms with Crippen LogP contribution in [-0.2, 0) is 11.3 Å². The van der Waals surface area contributed by atoms with Crippen molar-refractivity contribution in [1.82, 2.24) is 9.97 Å². The Balaban J connectivity index is 2.16. The van der Waals surface area contributed by atoms with E-state index in [2.05, 4.69) is 20.6 Å². The van der Waals surface area contributed by atoms with Gasteiger partial charge in [0.05, 0.1) is 12.1 Å². The summed E-state index contributed by atoms with van der Waals surface area (Å²) in [5.41, 5.74) is -0.250. The minimum absolute atomic E-state index is 0.132. The van der Waals surface area contributed by atoms with E-state index in [1.54, 1.807) is 0 Å². The second-order valence-electron chi connectivity index (χ2n) is 5.57. The summed E-state index contributed by atoms with van der Waals surface area (Å²) in [6.07, 6.45) is 5.48. The van der Waals surface area contributed by atoms with E-state index in [9.17, 15) is 5.11 Å². The first-order valence-corrected chi connectivity index (χ1v) is 7.74. The molecule has 118 valence electrons. The lowest BCUT2D eigenvalue weighted by Crippen LogP contribution is -2.44. The second-order valence-corrected chi connectivity index (χ2v) is 5.57. The average molecular weight is 294 g/mol. The molecule has 1 heterocycles. The van der Waals surface area contributed by atoms with Crippen molar-refractivity contribution < 1.29 is 9.84 Å². The monoisotopic (exact) mass is 294 g/mol. The van der Waals surface area contributed by atoms with Gasteiger partial charge in [-0.2, -0.15) is 0 Å². The summed E-state index contributed by atoms with van der Waals surface area (Å²) in [6.45, 7) is 3.11. The fourth-order valence-corrected chi connectivity index (χ4v) is 2.77. The topological polar surface area (TPSA) is 79.3 Å². The van der Waals surface area contributed by atoms with Gasteiger partial charge in [-0.05, 0) is 19.8 Å². The van der Waals surface area contributed by atoms with Gasteiger partial charge in [-0.15, -0.1) is 0 Å². The minimum atomic E-state index is -0.250.